The second-order valence-electron chi connectivity index (χ2n) is 5.83. The van der Waals surface area contributed by atoms with Crippen LogP contribution in [0.2, 0.25) is 0 Å². The number of hydrogen-bond donors (Lipinski definition) is 0. The van der Waals surface area contributed by atoms with Gasteiger partial charge in [-0.1, -0.05) is 58.8 Å². The topological polar surface area (TPSA) is 17.8 Å². The molecular weight excluding hydrogens is 300 g/mol. The van der Waals surface area contributed by atoms with Crippen LogP contribution in [0.3, 0.4) is 0 Å². The van der Waals surface area contributed by atoms with E-state index in [1.165, 1.54) is 57.8 Å². The van der Waals surface area contributed by atoms with Crippen molar-refractivity contribution in [2.45, 2.75) is 84.1 Å². The summed E-state index contributed by atoms with van der Waals surface area (Å²) >= 11 is 3.58. The van der Waals surface area contributed by atoms with Crippen LogP contribution in [0.5, 0.6) is 0 Å². The summed E-state index contributed by atoms with van der Waals surface area (Å²) in [7, 11) is 0. The molecule has 0 saturated heterocycles. The Hall–Kier alpha value is -0.310. The first-order valence-electron chi connectivity index (χ1n) is 7.83. The van der Waals surface area contributed by atoms with Gasteiger partial charge in [0.1, 0.15) is 0 Å². The second kappa shape index (κ2) is 8.78. The third-order valence-corrected chi connectivity index (χ3v) is 4.65. The minimum absolute atomic E-state index is 0.220. The molecule has 1 rings (SSSR count). The quantitative estimate of drug-likeness (QED) is 0.488. The molecule has 1 aromatic rings. The maximum absolute atomic E-state index is 4.33. The molecule has 0 amide bonds. The van der Waals surface area contributed by atoms with Crippen LogP contribution in [-0.2, 0) is 5.54 Å². The molecule has 0 aliphatic rings. The van der Waals surface area contributed by atoms with E-state index in [-0.39, 0.29) is 5.54 Å². The summed E-state index contributed by atoms with van der Waals surface area (Å²) in [6.45, 7) is 6.92. The van der Waals surface area contributed by atoms with E-state index >= 15 is 0 Å². The average molecular weight is 329 g/mol. The molecule has 19 heavy (non-hydrogen) atoms. The molecule has 0 saturated carbocycles. The van der Waals surface area contributed by atoms with E-state index in [4.69, 9.17) is 0 Å². The molecule has 2 nitrogen and oxygen atoms in total. The lowest BCUT2D eigenvalue weighted by molar-refractivity contribution is 0.248. The second-order valence-corrected chi connectivity index (χ2v) is 6.54. The zero-order valence-electron chi connectivity index (χ0n) is 12.8. The Morgan fingerprint density at radius 2 is 1.68 bits per heavy atom. The number of aromatic nitrogens is 2. The Kier molecular flexibility index (Phi) is 7.74. The Balaban J connectivity index is 2.58. The van der Waals surface area contributed by atoms with E-state index in [1.807, 2.05) is 6.20 Å². The smallest absolute Gasteiger partial charge is 0.177 e. The predicted molar refractivity (Wildman–Crippen MR) is 86.5 cm³/mol. The fraction of sp³-hybridized carbons (Fsp3) is 0.812. The Bertz CT molecular complexity index is 348. The van der Waals surface area contributed by atoms with Gasteiger partial charge in [-0.2, -0.15) is 0 Å². The van der Waals surface area contributed by atoms with Crippen molar-refractivity contribution in [3.05, 3.63) is 17.1 Å². The first-order chi connectivity index (χ1) is 9.14. The van der Waals surface area contributed by atoms with Crippen LogP contribution in [0.1, 0.15) is 78.6 Å². The van der Waals surface area contributed by atoms with Crippen molar-refractivity contribution in [1.29, 1.82) is 0 Å². The molecule has 1 heterocycles. The van der Waals surface area contributed by atoms with Gasteiger partial charge in [0.15, 0.2) is 4.73 Å². The number of halogens is 1. The number of nitrogens with zero attached hydrogens (tertiary/aromatic N) is 2. The van der Waals surface area contributed by atoms with Crippen LogP contribution in [0.15, 0.2) is 17.1 Å². The van der Waals surface area contributed by atoms with Crippen LogP contribution in [-0.4, -0.2) is 9.55 Å². The van der Waals surface area contributed by atoms with Crippen molar-refractivity contribution in [2.75, 3.05) is 0 Å². The van der Waals surface area contributed by atoms with Gasteiger partial charge in [0.25, 0.3) is 0 Å². The lowest BCUT2D eigenvalue weighted by atomic mass is 9.88. The zero-order valence-corrected chi connectivity index (χ0v) is 14.4. The molecule has 0 aromatic carbocycles. The lowest BCUT2D eigenvalue weighted by Crippen LogP contribution is -2.30. The number of unbranched alkanes of at least 4 members (excludes halogenated alkanes) is 5. The van der Waals surface area contributed by atoms with E-state index < -0.39 is 0 Å². The molecule has 0 N–H and O–H groups in total. The van der Waals surface area contributed by atoms with Gasteiger partial charge < -0.3 is 4.57 Å². The summed E-state index contributed by atoms with van der Waals surface area (Å²) in [5.41, 5.74) is 0.220. The molecule has 0 spiro atoms. The largest absolute Gasteiger partial charge is 0.320 e. The summed E-state index contributed by atoms with van der Waals surface area (Å²) < 4.78 is 3.29. The van der Waals surface area contributed by atoms with Gasteiger partial charge in [-0.15, -0.1) is 0 Å². The molecule has 0 fully saturated rings. The van der Waals surface area contributed by atoms with Gasteiger partial charge >= 0.3 is 0 Å². The fourth-order valence-corrected chi connectivity index (χ4v) is 3.39. The summed E-state index contributed by atoms with van der Waals surface area (Å²) in [4.78, 5) is 4.33. The monoisotopic (exact) mass is 328 g/mol. The van der Waals surface area contributed by atoms with Crippen LogP contribution in [0, 0.1) is 0 Å². The van der Waals surface area contributed by atoms with Crippen molar-refractivity contribution in [3.8, 4) is 0 Å². The highest BCUT2D eigenvalue weighted by molar-refractivity contribution is 9.10. The van der Waals surface area contributed by atoms with E-state index in [9.17, 15) is 0 Å². The highest BCUT2D eigenvalue weighted by atomic mass is 79.9. The fourth-order valence-electron chi connectivity index (χ4n) is 2.72. The van der Waals surface area contributed by atoms with Gasteiger partial charge in [0.05, 0.1) is 0 Å². The van der Waals surface area contributed by atoms with E-state index in [0.29, 0.717) is 0 Å². The van der Waals surface area contributed by atoms with Gasteiger partial charge in [-0.25, -0.2) is 4.98 Å². The van der Waals surface area contributed by atoms with Crippen molar-refractivity contribution in [3.63, 3.8) is 0 Å². The SMILES string of the molecule is CCCCCCCC(C)(CCCC)n1ccnc1Br. The van der Waals surface area contributed by atoms with Crippen LogP contribution in [0.4, 0.5) is 0 Å². The van der Waals surface area contributed by atoms with Crippen LogP contribution < -0.4 is 0 Å². The van der Waals surface area contributed by atoms with Gasteiger partial charge in [-0.05, 0) is 35.7 Å². The normalized spacial score (nSPS) is 14.5. The third-order valence-electron chi connectivity index (χ3n) is 4.07. The van der Waals surface area contributed by atoms with Gasteiger partial charge in [0.2, 0.25) is 0 Å². The summed E-state index contributed by atoms with van der Waals surface area (Å²) in [6.07, 6.45) is 15.8. The molecule has 0 aliphatic heterocycles. The maximum Gasteiger partial charge on any atom is 0.177 e. The Morgan fingerprint density at radius 3 is 2.26 bits per heavy atom. The first-order valence-corrected chi connectivity index (χ1v) is 8.62. The first kappa shape index (κ1) is 16.7. The molecule has 0 bridgehead atoms. The summed E-state index contributed by atoms with van der Waals surface area (Å²) in [5.74, 6) is 0. The molecule has 1 aromatic heterocycles. The standard InChI is InChI=1S/C16H29BrN2/c1-4-6-8-9-10-12-16(3,11-7-5-2)19-14-13-18-15(19)17/h13-14H,4-12H2,1-3H3. The molecular formula is C16H29BrN2. The average Bonchev–Trinajstić information content (AvgIpc) is 2.83. The van der Waals surface area contributed by atoms with E-state index in [0.717, 1.165) is 4.73 Å². The molecule has 0 radical (unpaired) electrons. The summed E-state index contributed by atoms with van der Waals surface area (Å²) in [6, 6.07) is 0. The minimum atomic E-state index is 0.220. The zero-order chi connectivity index (χ0) is 14.1. The van der Waals surface area contributed by atoms with Crippen molar-refractivity contribution in [1.82, 2.24) is 9.55 Å². The number of imidazole rings is 1. The Labute approximate surface area is 127 Å². The van der Waals surface area contributed by atoms with Crippen molar-refractivity contribution >= 4 is 15.9 Å². The molecule has 1 unspecified atom stereocenters. The van der Waals surface area contributed by atoms with Crippen molar-refractivity contribution in [2.24, 2.45) is 0 Å². The maximum atomic E-state index is 4.33. The Morgan fingerprint density at radius 1 is 1.05 bits per heavy atom. The summed E-state index contributed by atoms with van der Waals surface area (Å²) in [5, 5.41) is 0. The molecule has 110 valence electrons. The van der Waals surface area contributed by atoms with E-state index in [2.05, 4.69) is 52.4 Å². The molecule has 1 atom stereocenters. The highest BCUT2D eigenvalue weighted by Gasteiger charge is 2.26. The van der Waals surface area contributed by atoms with Crippen LogP contribution in [0.25, 0.3) is 0 Å². The van der Waals surface area contributed by atoms with Crippen molar-refractivity contribution < 1.29 is 0 Å². The van der Waals surface area contributed by atoms with Gasteiger partial charge in [-0.3, -0.25) is 0 Å². The lowest BCUT2D eigenvalue weighted by Gasteiger charge is -2.32. The molecule has 3 heteroatoms. The third kappa shape index (κ3) is 5.29. The number of rotatable bonds is 10. The highest BCUT2D eigenvalue weighted by Crippen LogP contribution is 2.32. The van der Waals surface area contributed by atoms with Crippen LogP contribution >= 0.6 is 15.9 Å². The molecule has 0 aliphatic carbocycles. The number of hydrogen-bond acceptors (Lipinski definition) is 1. The predicted octanol–water partition coefficient (Wildman–Crippen LogP) is 5.91. The van der Waals surface area contributed by atoms with E-state index in [1.54, 1.807) is 0 Å². The minimum Gasteiger partial charge on any atom is -0.320 e. The van der Waals surface area contributed by atoms with Gasteiger partial charge in [0, 0.05) is 17.9 Å².